The summed E-state index contributed by atoms with van der Waals surface area (Å²) >= 11 is 0. The van der Waals surface area contributed by atoms with Gasteiger partial charge in [0.2, 0.25) is 12.2 Å². The molecule has 0 aromatic heterocycles. The Morgan fingerprint density at radius 1 is 1.10 bits per heavy atom. The van der Waals surface area contributed by atoms with Gasteiger partial charge in [0, 0.05) is 31.9 Å². The maximum absolute atomic E-state index is 12.7. The van der Waals surface area contributed by atoms with E-state index in [1.807, 2.05) is 0 Å². The highest BCUT2D eigenvalue weighted by Crippen LogP contribution is 2.32. The van der Waals surface area contributed by atoms with Crippen LogP contribution in [0.15, 0.2) is 12.2 Å². The number of methoxy groups -OCH3 is 1. The normalized spacial score (nSPS) is 33.5. The van der Waals surface area contributed by atoms with Crippen LogP contribution in [-0.4, -0.2) is 122 Å². The Labute approximate surface area is 230 Å². The molecule has 0 aromatic rings. The predicted octanol–water partition coefficient (Wildman–Crippen LogP) is -2.48. The number of hydrogen-bond donors (Lipinski definition) is 5. The van der Waals surface area contributed by atoms with Gasteiger partial charge in [-0.3, -0.25) is 4.79 Å². The highest BCUT2D eigenvalue weighted by molar-refractivity contribution is 7.81. The van der Waals surface area contributed by atoms with Gasteiger partial charge in [-0.25, -0.2) is 18.0 Å². The molecule has 2 saturated heterocycles. The molecule has 17 nitrogen and oxygen atoms in total. The number of rotatable bonds is 13. The van der Waals surface area contributed by atoms with E-state index in [9.17, 15) is 43.2 Å². The Kier molecular flexibility index (Phi) is 12.4. The minimum absolute atomic E-state index is 0.0162. The van der Waals surface area contributed by atoms with E-state index in [-0.39, 0.29) is 12.0 Å². The number of hydrogen-bond acceptors (Lipinski definition) is 15. The Balaban J connectivity index is 2.27. The maximum atomic E-state index is 12.7. The van der Waals surface area contributed by atoms with Gasteiger partial charge in [-0.05, 0) is 6.92 Å². The molecule has 0 aromatic carbocycles. The van der Waals surface area contributed by atoms with E-state index in [4.69, 9.17) is 32.1 Å². The molecule has 40 heavy (non-hydrogen) atoms. The zero-order valence-electron chi connectivity index (χ0n) is 22.2. The lowest BCUT2D eigenvalue weighted by molar-refractivity contribution is -0.340. The second-order valence-corrected chi connectivity index (χ2v) is 10.4. The fourth-order valence-electron chi connectivity index (χ4n) is 3.88. The van der Waals surface area contributed by atoms with Crippen LogP contribution < -0.4 is 5.32 Å². The van der Waals surface area contributed by atoms with Gasteiger partial charge < -0.3 is 49.4 Å². The van der Waals surface area contributed by atoms with Crippen LogP contribution in [0.3, 0.4) is 0 Å². The number of carboxylic acid groups (broad SMARTS) is 1. The third kappa shape index (κ3) is 9.13. The van der Waals surface area contributed by atoms with Crippen LogP contribution in [0.4, 0.5) is 0 Å². The van der Waals surface area contributed by atoms with Crippen LogP contribution in [0.2, 0.25) is 0 Å². The first-order chi connectivity index (χ1) is 18.6. The lowest BCUT2D eigenvalue weighted by atomic mass is 9.90. The minimum atomic E-state index is -5.03. The summed E-state index contributed by atoms with van der Waals surface area (Å²) in [5.41, 5.74) is 0.0162. The van der Waals surface area contributed by atoms with Crippen LogP contribution in [0, 0.1) is 5.92 Å². The number of esters is 1. The summed E-state index contributed by atoms with van der Waals surface area (Å²) in [6.45, 7) is 5.66. The van der Waals surface area contributed by atoms with Gasteiger partial charge in [0.05, 0.1) is 18.8 Å². The number of amides is 1. The Bertz CT molecular complexity index is 1020. The van der Waals surface area contributed by atoms with Crippen molar-refractivity contribution < 1.29 is 75.3 Å². The standard InChI is InChI=1S/C22H35NO16S/c1-9(2)19(30)34-8-12(7-24)38-40(31,32)39-21-14(6-13(23-11(4)25)20(33-5)37-21)35-22-16(27)15(26)10(3)17(36-22)18(28)29/h10,12-17,20-22,24,26-27H,1,6-8H2,2-5H3,(H,23,25)(H,28,29). The summed E-state index contributed by atoms with van der Waals surface area (Å²) in [7, 11) is -3.83. The monoisotopic (exact) mass is 601 g/mol. The molecule has 18 heteroatoms. The SMILES string of the molecule is C=C(C)C(=O)OCC(CO)OS(=O)(=O)OC1OC(OC)C(NC(C)=O)CC1OC1OC(C(=O)O)C(C)C(O)C1O. The summed E-state index contributed by atoms with van der Waals surface area (Å²) in [6.07, 6.45) is -13.3. The molecule has 1 amide bonds. The second-order valence-electron chi connectivity index (χ2n) is 9.21. The van der Waals surface area contributed by atoms with Gasteiger partial charge >= 0.3 is 22.3 Å². The number of carboxylic acids is 1. The summed E-state index contributed by atoms with van der Waals surface area (Å²) in [5.74, 6) is -3.86. The quantitative estimate of drug-likeness (QED) is 0.108. The fourth-order valence-corrected chi connectivity index (χ4v) is 4.77. The summed E-state index contributed by atoms with van der Waals surface area (Å²) in [5, 5.41) is 42.2. The number of aliphatic hydroxyl groups excluding tert-OH is 3. The molecular weight excluding hydrogens is 566 g/mol. The van der Waals surface area contributed by atoms with Crippen molar-refractivity contribution in [3.63, 3.8) is 0 Å². The van der Waals surface area contributed by atoms with Crippen molar-refractivity contribution in [3.05, 3.63) is 12.2 Å². The van der Waals surface area contributed by atoms with E-state index in [1.165, 1.54) is 27.9 Å². The predicted molar refractivity (Wildman–Crippen MR) is 128 cm³/mol. The van der Waals surface area contributed by atoms with Crippen molar-refractivity contribution in [1.82, 2.24) is 5.32 Å². The molecule has 0 saturated carbocycles. The van der Waals surface area contributed by atoms with Crippen molar-refractivity contribution in [2.24, 2.45) is 5.92 Å². The zero-order chi connectivity index (χ0) is 30.4. The largest absolute Gasteiger partial charge is 0.479 e. The molecule has 10 unspecified atom stereocenters. The zero-order valence-corrected chi connectivity index (χ0v) is 23.0. The van der Waals surface area contributed by atoms with Gasteiger partial charge in [0.1, 0.15) is 24.9 Å². The highest BCUT2D eigenvalue weighted by Gasteiger charge is 2.50. The molecule has 0 bridgehead atoms. The van der Waals surface area contributed by atoms with Gasteiger partial charge in [-0.1, -0.05) is 13.5 Å². The van der Waals surface area contributed by atoms with E-state index in [0.717, 1.165) is 0 Å². The average molecular weight is 602 g/mol. The minimum Gasteiger partial charge on any atom is -0.479 e. The van der Waals surface area contributed by atoms with Crippen molar-refractivity contribution >= 4 is 28.2 Å². The van der Waals surface area contributed by atoms with E-state index in [1.54, 1.807) is 0 Å². The van der Waals surface area contributed by atoms with Crippen LogP contribution in [-0.2, 0) is 56.8 Å². The Morgan fingerprint density at radius 3 is 2.27 bits per heavy atom. The molecule has 0 aliphatic carbocycles. The maximum Gasteiger partial charge on any atom is 0.402 e. The Hall–Kier alpha value is -2.26. The van der Waals surface area contributed by atoms with Crippen LogP contribution in [0.1, 0.15) is 27.2 Å². The molecule has 0 radical (unpaired) electrons. The number of aliphatic hydroxyl groups is 3. The number of nitrogens with one attached hydrogen (secondary N) is 1. The third-order valence-electron chi connectivity index (χ3n) is 5.90. The van der Waals surface area contributed by atoms with Crippen LogP contribution >= 0.6 is 0 Å². The molecule has 2 heterocycles. The lowest BCUT2D eigenvalue weighted by Crippen LogP contribution is -2.61. The van der Waals surface area contributed by atoms with Gasteiger partial charge in [-0.2, -0.15) is 8.42 Å². The van der Waals surface area contributed by atoms with E-state index >= 15 is 0 Å². The molecular formula is C22H35NO16S. The van der Waals surface area contributed by atoms with Crippen molar-refractivity contribution in [3.8, 4) is 0 Å². The lowest BCUT2D eigenvalue weighted by Gasteiger charge is -2.44. The molecule has 0 spiro atoms. The van der Waals surface area contributed by atoms with Gasteiger partial charge in [-0.15, -0.1) is 0 Å². The first kappa shape index (κ1) is 33.9. The third-order valence-corrected chi connectivity index (χ3v) is 6.84. The summed E-state index contributed by atoms with van der Waals surface area (Å²) in [4.78, 5) is 34.9. The first-order valence-corrected chi connectivity index (χ1v) is 13.3. The topological polar surface area (TPSA) is 243 Å². The highest BCUT2D eigenvalue weighted by atomic mass is 32.3. The molecule has 2 fully saturated rings. The molecule has 2 rings (SSSR count). The molecule has 5 N–H and O–H groups in total. The molecule has 230 valence electrons. The van der Waals surface area contributed by atoms with E-state index in [2.05, 4.69) is 11.9 Å². The average Bonchev–Trinajstić information content (AvgIpc) is 2.86. The number of aliphatic carboxylic acids is 1. The van der Waals surface area contributed by atoms with E-state index in [0.29, 0.717) is 0 Å². The molecule has 2 aliphatic rings. The van der Waals surface area contributed by atoms with Crippen LogP contribution in [0.5, 0.6) is 0 Å². The van der Waals surface area contributed by atoms with Gasteiger partial charge in [0.25, 0.3) is 0 Å². The second kappa shape index (κ2) is 14.6. The number of carbonyl (C=O) groups is 3. The van der Waals surface area contributed by atoms with Crippen molar-refractivity contribution in [2.75, 3.05) is 20.3 Å². The van der Waals surface area contributed by atoms with Crippen molar-refractivity contribution in [2.45, 2.75) is 82.6 Å². The van der Waals surface area contributed by atoms with Crippen molar-refractivity contribution in [1.29, 1.82) is 0 Å². The number of ether oxygens (including phenoxy) is 5. The first-order valence-electron chi connectivity index (χ1n) is 12.0. The van der Waals surface area contributed by atoms with E-state index < -0.39 is 103 Å². The summed E-state index contributed by atoms with van der Waals surface area (Å²) in [6, 6.07) is -0.942. The molecule has 2 aliphatic heterocycles. The Morgan fingerprint density at radius 2 is 1.75 bits per heavy atom. The summed E-state index contributed by atoms with van der Waals surface area (Å²) < 4.78 is 61.6. The number of carbonyl (C=O) groups excluding carboxylic acids is 2. The molecule has 10 atom stereocenters. The fraction of sp³-hybridized carbons (Fsp3) is 0.773. The van der Waals surface area contributed by atoms with Crippen LogP contribution in [0.25, 0.3) is 0 Å². The van der Waals surface area contributed by atoms with Gasteiger partial charge in [0.15, 0.2) is 18.7 Å². The smallest absolute Gasteiger partial charge is 0.402 e.